The second kappa shape index (κ2) is 14.9. The summed E-state index contributed by atoms with van der Waals surface area (Å²) in [5.74, 6) is 1.14. The highest BCUT2D eigenvalue weighted by Crippen LogP contribution is 2.34. The number of piperidine rings is 1. The Morgan fingerprint density at radius 1 is 1.10 bits per heavy atom. The summed E-state index contributed by atoms with van der Waals surface area (Å²) in [7, 11) is 1.62. The van der Waals surface area contributed by atoms with Crippen LogP contribution in [0.2, 0.25) is 0 Å². The maximum absolute atomic E-state index is 13.9. The maximum atomic E-state index is 13.9. The fourth-order valence-corrected chi connectivity index (χ4v) is 6.94. The number of H-pyrrole nitrogens is 1. The molecule has 2 fully saturated rings. The number of fused-ring (bicyclic) bond motifs is 1. The second-order valence-electron chi connectivity index (χ2n) is 12.7. The van der Waals surface area contributed by atoms with Gasteiger partial charge in [0, 0.05) is 61.3 Å². The molecule has 0 spiro atoms. The van der Waals surface area contributed by atoms with Crippen LogP contribution in [0.25, 0.3) is 27.9 Å². The molecule has 2 aliphatic rings. The average Bonchev–Trinajstić information content (AvgIpc) is 3.73. The maximum Gasteiger partial charge on any atom is 0.236 e. The minimum absolute atomic E-state index is 0.107. The van der Waals surface area contributed by atoms with Gasteiger partial charge < -0.3 is 15.0 Å². The third-order valence-corrected chi connectivity index (χ3v) is 9.49. The van der Waals surface area contributed by atoms with Crippen molar-refractivity contribution in [2.45, 2.75) is 32.1 Å². The minimum atomic E-state index is -0.758. The predicted molar refractivity (Wildman–Crippen MR) is 189 cm³/mol. The van der Waals surface area contributed by atoms with Crippen LogP contribution in [0, 0.1) is 5.41 Å². The predicted octanol–water partition coefficient (Wildman–Crippen LogP) is 5.85. The van der Waals surface area contributed by atoms with Gasteiger partial charge in [-0.1, -0.05) is 55.1 Å². The number of likely N-dealkylation sites (tertiary alicyclic amines) is 2. The molecule has 2 aliphatic heterocycles. The lowest BCUT2D eigenvalue weighted by molar-refractivity contribution is -0.134. The van der Waals surface area contributed by atoms with Gasteiger partial charge in [-0.05, 0) is 68.5 Å². The Balaban J connectivity index is 1.05. The van der Waals surface area contributed by atoms with E-state index >= 15 is 0 Å². The van der Waals surface area contributed by atoms with E-state index in [1.165, 1.54) is 5.56 Å². The third-order valence-electron chi connectivity index (χ3n) is 9.49. The largest absolute Gasteiger partial charge is 0.384 e. The number of aromatic nitrogens is 4. The molecule has 0 saturated carbocycles. The first-order valence-corrected chi connectivity index (χ1v) is 16.5. The van der Waals surface area contributed by atoms with Crippen LogP contribution in [0.15, 0.2) is 91.8 Å². The number of nitrogens with zero attached hydrogens (tertiary/aromatic N) is 5. The van der Waals surface area contributed by atoms with E-state index in [9.17, 15) is 9.59 Å². The first-order chi connectivity index (χ1) is 23.4. The molecule has 0 bridgehead atoms. The van der Waals surface area contributed by atoms with Crippen LogP contribution in [-0.2, 0) is 14.3 Å². The molecular weight excluding hydrogens is 602 g/mol. The Morgan fingerprint density at radius 3 is 2.58 bits per heavy atom. The summed E-state index contributed by atoms with van der Waals surface area (Å²) in [6, 6.07) is 16.0. The van der Waals surface area contributed by atoms with Gasteiger partial charge in [-0.25, -0.2) is 9.97 Å². The number of benzene rings is 2. The van der Waals surface area contributed by atoms with Gasteiger partial charge in [-0.3, -0.25) is 19.6 Å². The number of nitrogens with one attached hydrogen (secondary N) is 2. The van der Waals surface area contributed by atoms with Crippen molar-refractivity contribution in [1.29, 1.82) is 0 Å². The standard InChI is InChI=1S/C38H43N7O3/c1-4-7-29(8-5-2)35-32-23-31(13-14-33(32)42-43-35)41-37(47)38(26-48-3)17-22-44(25-38)24-34(46)45-20-15-28(16-21-45)27-9-11-30(12-10-27)36-39-18-6-19-40-36/h4-14,18-19,23,28H,1,15-17,20-22,24-26H2,2-3H3,(H,41,47)(H,42,43)/b8-5-,29-7+/t38-/m1/s1. The highest BCUT2D eigenvalue weighted by atomic mass is 16.5. The van der Waals surface area contributed by atoms with E-state index < -0.39 is 5.41 Å². The number of carbonyl (C=O) groups is 2. The number of allylic oxidation sites excluding steroid dienone is 5. The molecule has 0 radical (unpaired) electrons. The SMILES string of the molecule is C=C/C=C(\C=C/C)c1n[nH]c2ccc(NC(=O)[C@]3(COC)CCN(CC(=O)N4CCC(c5ccc(-c6ncccn6)cc5)CC4)C3)cc12. The topological polar surface area (TPSA) is 116 Å². The number of hydrogen-bond donors (Lipinski definition) is 2. The van der Waals surface area contributed by atoms with Gasteiger partial charge in [0.25, 0.3) is 0 Å². The van der Waals surface area contributed by atoms with E-state index in [0.717, 1.165) is 59.5 Å². The van der Waals surface area contributed by atoms with Gasteiger partial charge in [-0.2, -0.15) is 5.10 Å². The first kappa shape index (κ1) is 33.0. The third kappa shape index (κ3) is 7.14. The van der Waals surface area contributed by atoms with Crippen molar-refractivity contribution < 1.29 is 14.3 Å². The molecule has 4 aromatic rings. The van der Waals surface area contributed by atoms with Crippen LogP contribution >= 0.6 is 0 Å². The van der Waals surface area contributed by atoms with Crippen molar-refractivity contribution in [2.24, 2.45) is 5.41 Å². The van der Waals surface area contributed by atoms with Crippen LogP contribution in [0.1, 0.15) is 43.4 Å². The Morgan fingerprint density at radius 2 is 1.88 bits per heavy atom. The molecule has 0 aliphatic carbocycles. The van der Waals surface area contributed by atoms with Crippen molar-refractivity contribution in [1.82, 2.24) is 30.0 Å². The highest BCUT2D eigenvalue weighted by molar-refractivity contribution is 6.00. The number of ether oxygens (including phenoxy) is 1. The summed E-state index contributed by atoms with van der Waals surface area (Å²) in [6.07, 6.45) is 13.5. The highest BCUT2D eigenvalue weighted by Gasteiger charge is 2.45. The zero-order chi connectivity index (χ0) is 33.5. The van der Waals surface area contributed by atoms with Crippen LogP contribution in [0.4, 0.5) is 5.69 Å². The fourth-order valence-electron chi connectivity index (χ4n) is 6.94. The summed E-state index contributed by atoms with van der Waals surface area (Å²) in [6.45, 7) is 8.91. The van der Waals surface area contributed by atoms with Crippen molar-refractivity contribution in [3.63, 3.8) is 0 Å². The number of methoxy groups -OCH3 is 1. The molecule has 1 atom stereocenters. The average molecular weight is 646 g/mol. The van der Waals surface area contributed by atoms with Crippen molar-refractivity contribution in [3.05, 3.63) is 103 Å². The molecule has 248 valence electrons. The molecule has 48 heavy (non-hydrogen) atoms. The quantitative estimate of drug-likeness (QED) is 0.197. The Hall–Kier alpha value is -4.93. The summed E-state index contributed by atoms with van der Waals surface area (Å²) < 4.78 is 5.58. The fraction of sp³-hybridized carbons (Fsp3) is 0.342. The van der Waals surface area contributed by atoms with Crippen LogP contribution in [-0.4, -0.2) is 88.2 Å². The molecule has 6 rings (SSSR count). The summed E-state index contributed by atoms with van der Waals surface area (Å²) in [4.78, 5) is 40.0. The van der Waals surface area contributed by atoms with E-state index in [4.69, 9.17) is 4.74 Å². The van der Waals surface area contributed by atoms with Gasteiger partial charge >= 0.3 is 0 Å². The minimum Gasteiger partial charge on any atom is -0.384 e. The zero-order valence-corrected chi connectivity index (χ0v) is 27.7. The summed E-state index contributed by atoms with van der Waals surface area (Å²) >= 11 is 0. The first-order valence-electron chi connectivity index (χ1n) is 16.5. The molecular formula is C38H43N7O3. The number of hydrogen-bond acceptors (Lipinski definition) is 7. The van der Waals surface area contributed by atoms with Crippen molar-refractivity contribution >= 4 is 34.0 Å². The number of anilines is 1. The van der Waals surface area contributed by atoms with Gasteiger partial charge in [0.05, 0.1) is 29.8 Å². The van der Waals surface area contributed by atoms with Crippen LogP contribution in [0.5, 0.6) is 0 Å². The van der Waals surface area contributed by atoms with E-state index in [2.05, 4.69) is 61.2 Å². The van der Waals surface area contributed by atoms with Crippen molar-refractivity contribution in [2.75, 3.05) is 51.8 Å². The zero-order valence-electron chi connectivity index (χ0n) is 27.7. The Kier molecular flexibility index (Phi) is 10.2. The van der Waals surface area contributed by atoms with Crippen molar-refractivity contribution in [3.8, 4) is 11.4 Å². The molecule has 10 nitrogen and oxygen atoms in total. The number of carbonyl (C=O) groups excluding carboxylic acids is 2. The lowest BCUT2D eigenvalue weighted by Crippen LogP contribution is -2.46. The summed E-state index contributed by atoms with van der Waals surface area (Å²) in [5, 5.41) is 11.6. The molecule has 2 N–H and O–H groups in total. The molecule has 2 amide bonds. The molecule has 2 aromatic carbocycles. The van der Waals surface area contributed by atoms with Gasteiger partial charge in [-0.15, -0.1) is 0 Å². The van der Waals surface area contributed by atoms with Crippen LogP contribution in [0.3, 0.4) is 0 Å². The Bertz CT molecular complexity index is 1810. The summed E-state index contributed by atoms with van der Waals surface area (Å²) in [5.41, 5.74) is 4.80. The van der Waals surface area contributed by atoms with E-state index in [0.29, 0.717) is 37.7 Å². The van der Waals surface area contributed by atoms with Gasteiger partial charge in [0.15, 0.2) is 5.82 Å². The number of aromatic amines is 1. The molecule has 10 heteroatoms. The van der Waals surface area contributed by atoms with E-state index in [1.54, 1.807) is 25.6 Å². The smallest absolute Gasteiger partial charge is 0.236 e. The van der Waals surface area contributed by atoms with Crippen LogP contribution < -0.4 is 5.32 Å². The molecule has 0 unspecified atom stereocenters. The monoisotopic (exact) mass is 645 g/mol. The van der Waals surface area contributed by atoms with E-state index in [1.807, 2.05) is 54.3 Å². The van der Waals surface area contributed by atoms with Gasteiger partial charge in [0.1, 0.15) is 0 Å². The molecule has 4 heterocycles. The number of rotatable bonds is 11. The lowest BCUT2D eigenvalue weighted by Gasteiger charge is -2.33. The van der Waals surface area contributed by atoms with Gasteiger partial charge in [0.2, 0.25) is 11.8 Å². The normalized spacial score (nSPS) is 19.3. The lowest BCUT2D eigenvalue weighted by atomic mass is 9.86. The Labute approximate surface area is 281 Å². The van der Waals surface area contributed by atoms with E-state index in [-0.39, 0.29) is 18.4 Å². The molecule has 2 saturated heterocycles. The molecule has 2 aromatic heterocycles. The number of amides is 2. The second-order valence-corrected chi connectivity index (χ2v) is 12.7.